The molecule has 0 aliphatic carbocycles. The number of carbonyl (C=O) groups is 1. The lowest BCUT2D eigenvalue weighted by Gasteiger charge is -2.43. The second-order valence-electron chi connectivity index (χ2n) is 15.0. The lowest BCUT2D eigenvalue weighted by Crippen LogP contribution is -2.50. The minimum atomic E-state index is -0.458. The van der Waals surface area contributed by atoms with Crippen molar-refractivity contribution in [3.05, 3.63) is 71.4 Å². The van der Waals surface area contributed by atoms with Gasteiger partial charge in [0.05, 0.1) is 5.69 Å². The number of ether oxygens (including phenoxy) is 2. The zero-order valence-electron chi connectivity index (χ0n) is 29.5. The van der Waals surface area contributed by atoms with E-state index in [0.29, 0.717) is 34.6 Å². The van der Waals surface area contributed by atoms with Crippen LogP contribution in [0.3, 0.4) is 0 Å². The topological polar surface area (TPSA) is 124 Å². The van der Waals surface area contributed by atoms with Gasteiger partial charge >= 0.3 is 11.8 Å². The number of anilines is 1. The third-order valence-electron chi connectivity index (χ3n) is 10.5. The fourth-order valence-corrected chi connectivity index (χ4v) is 7.89. The molecule has 2 aromatic carbocycles. The van der Waals surface area contributed by atoms with Crippen LogP contribution in [0.2, 0.25) is 0 Å². The average molecular weight is 683 g/mol. The Balaban J connectivity index is 0.940. The van der Waals surface area contributed by atoms with E-state index in [1.165, 1.54) is 19.2 Å². The molecule has 0 spiro atoms. The summed E-state index contributed by atoms with van der Waals surface area (Å²) in [5, 5.41) is 0. The van der Waals surface area contributed by atoms with E-state index in [-0.39, 0.29) is 23.6 Å². The predicted octanol–water partition coefficient (Wildman–Crippen LogP) is 5.71. The molecule has 3 aliphatic rings. The summed E-state index contributed by atoms with van der Waals surface area (Å²) in [4.78, 5) is 42.5. The number of carbonyl (C=O) groups excluding carboxylic acids is 1. The second-order valence-corrected chi connectivity index (χ2v) is 15.0. The highest BCUT2D eigenvalue weighted by atomic mass is 16.6. The maximum Gasteiger partial charge on any atom is 0.410 e. The molecule has 50 heavy (non-hydrogen) atoms. The standard InChI is InChI=1S/C38H50N8O4/c1-38(2,3)50-37(48)44-23-17-28(18-24-44)43-21-13-27(14-22-43)25-42-19-15-30(16-20-42)46-35-33(34(39)40-26-41-35)45(36(46)47)29-9-11-32(12-10-29)49-31-7-5-4-6-8-31/h4-12,26-28,30H,13-25H2,1-3H3,(H2,39,40,41). The lowest BCUT2D eigenvalue weighted by molar-refractivity contribution is 0.0110. The van der Waals surface area contributed by atoms with Gasteiger partial charge in [-0.2, -0.15) is 0 Å². The monoisotopic (exact) mass is 682 g/mol. The first-order valence-electron chi connectivity index (χ1n) is 18.1. The molecule has 12 nitrogen and oxygen atoms in total. The van der Waals surface area contributed by atoms with Gasteiger partial charge in [-0.3, -0.25) is 9.13 Å². The van der Waals surface area contributed by atoms with Crippen molar-refractivity contribution in [1.82, 2.24) is 33.8 Å². The quantitative estimate of drug-likeness (QED) is 0.261. The van der Waals surface area contributed by atoms with E-state index in [9.17, 15) is 9.59 Å². The average Bonchev–Trinajstić information content (AvgIpc) is 3.42. The molecule has 0 bridgehead atoms. The van der Waals surface area contributed by atoms with E-state index < -0.39 is 5.60 Å². The van der Waals surface area contributed by atoms with Gasteiger partial charge in [-0.05, 0) is 115 Å². The van der Waals surface area contributed by atoms with Crippen molar-refractivity contribution in [2.75, 3.05) is 51.5 Å². The minimum absolute atomic E-state index is 0.0332. The molecule has 3 aliphatic heterocycles. The zero-order chi connectivity index (χ0) is 34.8. The van der Waals surface area contributed by atoms with Crippen LogP contribution in [-0.4, -0.2) is 97.4 Å². The number of imidazole rings is 1. The number of nitrogens with zero attached hydrogens (tertiary/aromatic N) is 7. The molecular weight excluding hydrogens is 632 g/mol. The Morgan fingerprint density at radius 3 is 2.12 bits per heavy atom. The Morgan fingerprint density at radius 1 is 0.820 bits per heavy atom. The molecule has 2 aromatic heterocycles. The van der Waals surface area contributed by atoms with Gasteiger partial charge < -0.3 is 29.9 Å². The van der Waals surface area contributed by atoms with E-state index in [2.05, 4.69) is 19.8 Å². The van der Waals surface area contributed by atoms with Crippen LogP contribution in [0.1, 0.15) is 65.3 Å². The molecule has 2 N–H and O–H groups in total. The van der Waals surface area contributed by atoms with Crippen molar-refractivity contribution in [2.45, 2.75) is 77.0 Å². The number of benzene rings is 2. The predicted molar refractivity (Wildman–Crippen MR) is 194 cm³/mol. The Labute approximate surface area is 293 Å². The number of rotatable bonds is 7. The van der Waals surface area contributed by atoms with Crippen LogP contribution in [0.4, 0.5) is 10.6 Å². The number of piperidine rings is 3. The SMILES string of the molecule is CC(C)(C)OC(=O)N1CCC(N2CCC(CN3CCC(n4c(=O)n(-c5ccc(Oc6ccccc6)cc5)c5c(N)ncnc54)CC3)CC2)CC1. The van der Waals surface area contributed by atoms with E-state index >= 15 is 0 Å². The number of fused-ring (bicyclic) bond motifs is 1. The highest BCUT2D eigenvalue weighted by Crippen LogP contribution is 2.31. The number of hydrogen-bond donors (Lipinski definition) is 1. The van der Waals surface area contributed by atoms with Gasteiger partial charge in [0.25, 0.3) is 0 Å². The molecule has 0 atom stereocenters. The Kier molecular flexibility index (Phi) is 9.83. The molecular formula is C38H50N8O4. The number of para-hydroxylation sites is 1. The van der Waals surface area contributed by atoms with Crippen LogP contribution in [0.25, 0.3) is 16.9 Å². The third kappa shape index (κ3) is 7.51. The van der Waals surface area contributed by atoms with Crippen LogP contribution < -0.4 is 16.2 Å². The van der Waals surface area contributed by atoms with Gasteiger partial charge in [-0.1, -0.05) is 18.2 Å². The summed E-state index contributed by atoms with van der Waals surface area (Å²) in [6.07, 6.45) is 7.43. The molecule has 3 fully saturated rings. The summed E-state index contributed by atoms with van der Waals surface area (Å²) in [5.41, 5.74) is 7.59. The van der Waals surface area contributed by atoms with Gasteiger partial charge in [0.1, 0.15) is 28.9 Å². The molecule has 0 radical (unpaired) electrons. The minimum Gasteiger partial charge on any atom is -0.457 e. The normalized spacial score (nSPS) is 19.2. The van der Waals surface area contributed by atoms with Crippen molar-refractivity contribution in [2.24, 2.45) is 5.92 Å². The molecule has 0 saturated carbocycles. The van der Waals surface area contributed by atoms with E-state index in [0.717, 1.165) is 77.2 Å². The van der Waals surface area contributed by atoms with Gasteiger partial charge in [0.2, 0.25) is 0 Å². The number of aromatic nitrogens is 4. The number of amides is 1. The summed E-state index contributed by atoms with van der Waals surface area (Å²) in [6.45, 7) is 12.5. The molecule has 4 aromatic rings. The Hall–Kier alpha value is -4.42. The van der Waals surface area contributed by atoms with Crippen LogP contribution >= 0.6 is 0 Å². The van der Waals surface area contributed by atoms with E-state index in [4.69, 9.17) is 15.2 Å². The van der Waals surface area contributed by atoms with Crippen molar-refractivity contribution < 1.29 is 14.3 Å². The molecule has 1 amide bonds. The molecule has 0 unspecified atom stereocenters. The molecule has 7 rings (SSSR count). The van der Waals surface area contributed by atoms with Crippen LogP contribution in [-0.2, 0) is 4.74 Å². The van der Waals surface area contributed by atoms with Crippen molar-refractivity contribution >= 4 is 23.1 Å². The summed E-state index contributed by atoms with van der Waals surface area (Å²) >= 11 is 0. The Bertz CT molecular complexity index is 1810. The van der Waals surface area contributed by atoms with Crippen molar-refractivity contribution in [1.29, 1.82) is 0 Å². The van der Waals surface area contributed by atoms with E-state index in [1.807, 2.05) is 84.8 Å². The van der Waals surface area contributed by atoms with Crippen LogP contribution in [0, 0.1) is 5.92 Å². The number of likely N-dealkylation sites (tertiary alicyclic amines) is 3. The summed E-state index contributed by atoms with van der Waals surface area (Å²) < 4.78 is 15.0. The Morgan fingerprint density at radius 2 is 1.46 bits per heavy atom. The summed E-state index contributed by atoms with van der Waals surface area (Å²) in [7, 11) is 0. The fraction of sp³-hybridized carbons (Fsp3) is 0.526. The summed E-state index contributed by atoms with van der Waals surface area (Å²) in [5.74, 6) is 2.39. The van der Waals surface area contributed by atoms with Crippen LogP contribution in [0.5, 0.6) is 11.5 Å². The second kappa shape index (κ2) is 14.4. The van der Waals surface area contributed by atoms with Crippen molar-refractivity contribution in [3.63, 3.8) is 0 Å². The molecule has 266 valence electrons. The number of hydrogen-bond acceptors (Lipinski definition) is 9. The molecule has 3 saturated heterocycles. The van der Waals surface area contributed by atoms with Crippen LogP contribution in [0.15, 0.2) is 65.7 Å². The highest BCUT2D eigenvalue weighted by molar-refractivity contribution is 5.84. The highest BCUT2D eigenvalue weighted by Gasteiger charge is 2.33. The molecule has 12 heteroatoms. The van der Waals surface area contributed by atoms with Crippen molar-refractivity contribution in [3.8, 4) is 17.2 Å². The smallest absolute Gasteiger partial charge is 0.410 e. The maximum absolute atomic E-state index is 14.1. The first-order valence-corrected chi connectivity index (χ1v) is 18.1. The lowest BCUT2D eigenvalue weighted by atomic mass is 9.92. The first kappa shape index (κ1) is 34.0. The van der Waals surface area contributed by atoms with Gasteiger partial charge in [-0.15, -0.1) is 0 Å². The third-order valence-corrected chi connectivity index (χ3v) is 10.5. The number of nitrogen functional groups attached to an aromatic ring is 1. The fourth-order valence-electron chi connectivity index (χ4n) is 7.89. The molecule has 5 heterocycles. The van der Waals surface area contributed by atoms with Gasteiger partial charge in [0, 0.05) is 44.8 Å². The first-order chi connectivity index (χ1) is 24.1. The maximum atomic E-state index is 14.1. The van der Waals surface area contributed by atoms with Gasteiger partial charge in [-0.25, -0.2) is 19.6 Å². The number of nitrogens with two attached hydrogens (primary N) is 1. The zero-order valence-corrected chi connectivity index (χ0v) is 29.5. The summed E-state index contributed by atoms with van der Waals surface area (Å²) in [6, 6.07) is 17.6. The van der Waals surface area contributed by atoms with Gasteiger partial charge in [0.15, 0.2) is 11.5 Å². The largest absolute Gasteiger partial charge is 0.457 e. The van der Waals surface area contributed by atoms with E-state index in [1.54, 1.807) is 4.57 Å².